The first-order valence-corrected chi connectivity index (χ1v) is 7.37. The summed E-state index contributed by atoms with van der Waals surface area (Å²) in [5.74, 6) is -1.41. The summed E-state index contributed by atoms with van der Waals surface area (Å²) in [6.07, 6.45) is 0. The normalized spacial score (nSPS) is 11.6. The van der Waals surface area contributed by atoms with E-state index in [2.05, 4.69) is 5.32 Å². The van der Waals surface area contributed by atoms with E-state index in [1.165, 1.54) is 18.2 Å². The van der Waals surface area contributed by atoms with Crippen molar-refractivity contribution in [2.75, 3.05) is 6.61 Å². The van der Waals surface area contributed by atoms with Crippen LogP contribution in [0.3, 0.4) is 0 Å². The van der Waals surface area contributed by atoms with Crippen molar-refractivity contribution < 1.29 is 19.4 Å². The van der Waals surface area contributed by atoms with Crippen LogP contribution in [0.5, 0.6) is 5.75 Å². The first-order chi connectivity index (χ1) is 11.0. The lowest BCUT2D eigenvalue weighted by Crippen LogP contribution is -2.36. The number of halogens is 2. The van der Waals surface area contributed by atoms with Gasteiger partial charge in [0.25, 0.3) is 5.91 Å². The molecule has 1 amide bonds. The number of benzene rings is 2. The Morgan fingerprint density at radius 1 is 1.09 bits per heavy atom. The second kappa shape index (κ2) is 7.85. The molecule has 0 heterocycles. The summed E-state index contributed by atoms with van der Waals surface area (Å²) >= 11 is 11.7. The minimum absolute atomic E-state index is 0.323. The van der Waals surface area contributed by atoms with E-state index >= 15 is 0 Å². The Morgan fingerprint density at radius 2 is 1.70 bits per heavy atom. The molecule has 2 aromatic rings. The van der Waals surface area contributed by atoms with Gasteiger partial charge in [0.1, 0.15) is 5.75 Å². The van der Waals surface area contributed by atoms with Crippen LogP contribution in [-0.4, -0.2) is 23.6 Å². The van der Waals surface area contributed by atoms with Gasteiger partial charge in [-0.25, -0.2) is 4.79 Å². The number of aliphatic carboxylic acids is 1. The second-order valence-corrected chi connectivity index (χ2v) is 5.52. The van der Waals surface area contributed by atoms with E-state index < -0.39 is 17.9 Å². The van der Waals surface area contributed by atoms with E-state index in [1.807, 2.05) is 0 Å². The maximum atomic E-state index is 11.9. The van der Waals surface area contributed by atoms with Crippen molar-refractivity contribution in [1.82, 2.24) is 5.32 Å². The fraction of sp³-hybridized carbons (Fsp3) is 0.125. The van der Waals surface area contributed by atoms with E-state index in [-0.39, 0.29) is 6.61 Å². The summed E-state index contributed by atoms with van der Waals surface area (Å²) in [7, 11) is 0. The highest BCUT2D eigenvalue weighted by Gasteiger charge is 2.21. The zero-order chi connectivity index (χ0) is 16.8. The monoisotopic (exact) mass is 353 g/mol. The number of rotatable bonds is 6. The molecule has 2 N–H and O–H groups in total. The number of nitrogens with one attached hydrogen (secondary N) is 1. The molecule has 0 saturated carbocycles. The first kappa shape index (κ1) is 17.1. The molecule has 0 aliphatic carbocycles. The van der Waals surface area contributed by atoms with E-state index in [0.29, 0.717) is 21.4 Å². The Kier molecular flexibility index (Phi) is 5.84. The Hall–Kier alpha value is -2.24. The fourth-order valence-electron chi connectivity index (χ4n) is 1.90. The third kappa shape index (κ3) is 5.16. The molecule has 1 atom stereocenters. The van der Waals surface area contributed by atoms with E-state index in [0.717, 1.165) is 0 Å². The molecule has 7 heteroatoms. The highest BCUT2D eigenvalue weighted by atomic mass is 35.5. The van der Waals surface area contributed by atoms with Gasteiger partial charge in [-0.15, -0.1) is 0 Å². The van der Waals surface area contributed by atoms with Gasteiger partial charge in [0, 0.05) is 10.0 Å². The molecule has 2 rings (SSSR count). The van der Waals surface area contributed by atoms with Crippen LogP contribution in [0.25, 0.3) is 0 Å². The van der Waals surface area contributed by atoms with Gasteiger partial charge in [-0.2, -0.15) is 0 Å². The maximum Gasteiger partial charge on any atom is 0.330 e. The third-order valence-corrected chi connectivity index (χ3v) is 3.33. The molecular formula is C16H13Cl2NO4. The minimum atomic E-state index is -1.16. The van der Waals surface area contributed by atoms with Gasteiger partial charge in [0.2, 0.25) is 0 Å². The summed E-state index contributed by atoms with van der Waals surface area (Å²) in [6.45, 7) is -0.354. The summed E-state index contributed by atoms with van der Waals surface area (Å²) in [6, 6.07) is 11.8. The largest absolute Gasteiger partial charge is 0.484 e. The molecule has 5 nitrogen and oxygen atoms in total. The Morgan fingerprint density at radius 3 is 2.26 bits per heavy atom. The Labute approximate surface area is 142 Å². The van der Waals surface area contributed by atoms with Crippen molar-refractivity contribution in [2.45, 2.75) is 6.04 Å². The van der Waals surface area contributed by atoms with Crippen LogP contribution in [0, 0.1) is 0 Å². The molecule has 0 bridgehead atoms. The van der Waals surface area contributed by atoms with E-state index in [1.54, 1.807) is 30.3 Å². The highest BCUT2D eigenvalue weighted by molar-refractivity contribution is 6.34. The first-order valence-electron chi connectivity index (χ1n) is 6.61. The maximum absolute atomic E-state index is 11.9. The Balaban J connectivity index is 1.98. The van der Waals surface area contributed by atoms with Crippen LogP contribution in [0.2, 0.25) is 10.0 Å². The average Bonchev–Trinajstić information content (AvgIpc) is 2.50. The highest BCUT2D eigenvalue weighted by Crippen LogP contribution is 2.24. The predicted molar refractivity (Wildman–Crippen MR) is 86.9 cm³/mol. The number of carboxylic acids is 1. The van der Waals surface area contributed by atoms with Gasteiger partial charge >= 0.3 is 5.97 Å². The number of hydrogen-bond donors (Lipinski definition) is 2. The lowest BCUT2D eigenvalue weighted by molar-refractivity contribution is -0.142. The van der Waals surface area contributed by atoms with Crippen LogP contribution in [0.1, 0.15) is 11.6 Å². The summed E-state index contributed by atoms with van der Waals surface area (Å²) < 4.78 is 5.27. The molecule has 0 spiro atoms. The molecule has 23 heavy (non-hydrogen) atoms. The smallest absolute Gasteiger partial charge is 0.330 e. The number of amides is 1. The third-order valence-electron chi connectivity index (χ3n) is 2.89. The van der Waals surface area contributed by atoms with E-state index in [4.69, 9.17) is 27.9 Å². The number of hydrogen-bond acceptors (Lipinski definition) is 3. The quantitative estimate of drug-likeness (QED) is 0.835. The van der Waals surface area contributed by atoms with Gasteiger partial charge < -0.3 is 15.2 Å². The molecule has 120 valence electrons. The molecule has 0 aliphatic heterocycles. The predicted octanol–water partition coefficient (Wildman–Crippen LogP) is 3.31. The number of carboxylic acid groups (broad SMARTS) is 1. The van der Waals surface area contributed by atoms with Gasteiger partial charge in [0.15, 0.2) is 12.6 Å². The summed E-state index contributed by atoms with van der Waals surface area (Å²) in [5.41, 5.74) is 0.471. The lowest BCUT2D eigenvalue weighted by atomic mass is 10.1. The molecular weight excluding hydrogens is 341 g/mol. The van der Waals surface area contributed by atoms with Crippen molar-refractivity contribution >= 4 is 35.1 Å². The minimum Gasteiger partial charge on any atom is -0.484 e. The molecule has 0 radical (unpaired) electrons. The molecule has 0 fully saturated rings. The van der Waals surface area contributed by atoms with Crippen molar-refractivity contribution in [3.63, 3.8) is 0 Å². The Bertz CT molecular complexity index is 686. The summed E-state index contributed by atoms with van der Waals surface area (Å²) in [5, 5.41) is 12.4. The second-order valence-electron chi connectivity index (χ2n) is 4.64. The van der Waals surface area contributed by atoms with Crippen LogP contribution < -0.4 is 10.1 Å². The lowest BCUT2D eigenvalue weighted by Gasteiger charge is -2.15. The summed E-state index contributed by atoms with van der Waals surface area (Å²) in [4.78, 5) is 23.2. The molecule has 0 aliphatic rings. The van der Waals surface area contributed by atoms with Crippen LogP contribution in [0.15, 0.2) is 48.5 Å². The van der Waals surface area contributed by atoms with Crippen LogP contribution in [0.4, 0.5) is 0 Å². The SMILES string of the molecule is O=C(COc1cc(Cl)cc(Cl)c1)N[C@H](C(=O)O)c1ccccc1. The van der Waals surface area contributed by atoms with Crippen molar-refractivity contribution in [3.05, 3.63) is 64.1 Å². The van der Waals surface area contributed by atoms with Crippen molar-refractivity contribution in [3.8, 4) is 5.75 Å². The molecule has 0 aromatic heterocycles. The van der Waals surface area contributed by atoms with Crippen molar-refractivity contribution in [2.24, 2.45) is 0 Å². The fourth-order valence-corrected chi connectivity index (χ4v) is 2.40. The van der Waals surface area contributed by atoms with Crippen molar-refractivity contribution in [1.29, 1.82) is 0 Å². The van der Waals surface area contributed by atoms with Crippen LogP contribution >= 0.6 is 23.2 Å². The molecule has 0 saturated heterocycles. The van der Waals surface area contributed by atoms with E-state index in [9.17, 15) is 14.7 Å². The topological polar surface area (TPSA) is 75.6 Å². The average molecular weight is 354 g/mol. The van der Waals surface area contributed by atoms with Gasteiger partial charge in [0.05, 0.1) is 0 Å². The van der Waals surface area contributed by atoms with Gasteiger partial charge in [-0.1, -0.05) is 53.5 Å². The number of ether oxygens (including phenoxy) is 1. The van der Waals surface area contributed by atoms with Gasteiger partial charge in [-0.05, 0) is 23.8 Å². The zero-order valence-electron chi connectivity index (χ0n) is 11.8. The number of carbonyl (C=O) groups is 2. The number of carbonyl (C=O) groups excluding carboxylic acids is 1. The van der Waals surface area contributed by atoms with Crippen LogP contribution in [-0.2, 0) is 9.59 Å². The van der Waals surface area contributed by atoms with Gasteiger partial charge in [-0.3, -0.25) is 4.79 Å². The molecule has 0 unspecified atom stereocenters. The zero-order valence-corrected chi connectivity index (χ0v) is 13.3. The molecule has 2 aromatic carbocycles. The standard InChI is InChI=1S/C16H13Cl2NO4/c17-11-6-12(18)8-13(7-11)23-9-14(20)19-15(16(21)22)10-4-2-1-3-5-10/h1-8,15H,9H2,(H,19,20)(H,21,22)/t15-/m0/s1.